The number of thiophene rings is 1. The first-order chi connectivity index (χ1) is 24.3. The van der Waals surface area contributed by atoms with E-state index in [-0.39, 0.29) is 0 Å². The molecule has 0 fully saturated rings. The Balaban J connectivity index is 1.25. The van der Waals surface area contributed by atoms with Gasteiger partial charge in [0.1, 0.15) is 0 Å². The largest absolute Gasteiger partial charge is 0.310 e. The van der Waals surface area contributed by atoms with Crippen LogP contribution in [-0.2, 0) is 0 Å². The summed E-state index contributed by atoms with van der Waals surface area (Å²) in [6.45, 7) is 0. The van der Waals surface area contributed by atoms with Crippen molar-refractivity contribution in [3.05, 3.63) is 182 Å². The van der Waals surface area contributed by atoms with Crippen LogP contribution in [0, 0.1) is 0 Å². The lowest BCUT2D eigenvalue weighted by atomic mass is 9.98. The number of fused-ring (bicyclic) bond motifs is 7. The van der Waals surface area contributed by atoms with Gasteiger partial charge < -0.3 is 9.47 Å². The van der Waals surface area contributed by atoms with E-state index in [1.807, 2.05) is 11.3 Å². The molecule has 8 aromatic carbocycles. The summed E-state index contributed by atoms with van der Waals surface area (Å²) in [6.07, 6.45) is 0. The van der Waals surface area contributed by atoms with Crippen LogP contribution >= 0.6 is 11.3 Å². The molecule has 0 N–H and O–H groups in total. The Morgan fingerprint density at radius 1 is 0.408 bits per heavy atom. The van der Waals surface area contributed by atoms with Crippen LogP contribution in [0.5, 0.6) is 0 Å². The molecule has 3 heteroatoms. The molecule has 10 rings (SSSR count). The van der Waals surface area contributed by atoms with Crippen LogP contribution in [0.1, 0.15) is 0 Å². The van der Waals surface area contributed by atoms with Gasteiger partial charge in [-0.25, -0.2) is 0 Å². The first-order valence-electron chi connectivity index (χ1n) is 16.7. The fourth-order valence-corrected chi connectivity index (χ4v) is 8.64. The number of aromatic nitrogens is 1. The van der Waals surface area contributed by atoms with Crippen molar-refractivity contribution in [2.24, 2.45) is 0 Å². The van der Waals surface area contributed by atoms with Gasteiger partial charge in [-0.1, -0.05) is 121 Å². The fourth-order valence-electron chi connectivity index (χ4n) is 7.50. The van der Waals surface area contributed by atoms with Gasteiger partial charge in [0, 0.05) is 53.6 Å². The zero-order chi connectivity index (χ0) is 32.3. The zero-order valence-corrected chi connectivity index (χ0v) is 27.4. The molecule has 0 bridgehead atoms. The van der Waals surface area contributed by atoms with Crippen molar-refractivity contribution in [2.75, 3.05) is 4.90 Å². The van der Waals surface area contributed by atoms with Crippen LogP contribution in [0.2, 0.25) is 0 Å². The third-order valence-electron chi connectivity index (χ3n) is 9.76. The summed E-state index contributed by atoms with van der Waals surface area (Å²) in [6, 6.07) is 66.3. The Kier molecular flexibility index (Phi) is 6.39. The van der Waals surface area contributed by atoms with E-state index >= 15 is 0 Å². The van der Waals surface area contributed by atoms with Gasteiger partial charge in [-0.3, -0.25) is 0 Å². The number of rotatable bonds is 5. The maximum atomic E-state index is 2.45. The topological polar surface area (TPSA) is 8.17 Å². The second-order valence-corrected chi connectivity index (χ2v) is 13.7. The Morgan fingerprint density at radius 3 is 1.96 bits per heavy atom. The minimum atomic E-state index is 1.11. The van der Waals surface area contributed by atoms with E-state index in [0.717, 1.165) is 22.7 Å². The number of para-hydroxylation sites is 3. The average molecular weight is 643 g/mol. The highest BCUT2D eigenvalue weighted by Gasteiger charge is 2.21. The summed E-state index contributed by atoms with van der Waals surface area (Å²) in [4.78, 5) is 2.45. The third kappa shape index (κ3) is 4.55. The van der Waals surface area contributed by atoms with E-state index in [1.165, 1.54) is 63.9 Å². The Labute approximate surface area is 288 Å². The lowest BCUT2D eigenvalue weighted by Crippen LogP contribution is -2.11. The number of benzene rings is 8. The molecule has 2 heterocycles. The highest BCUT2D eigenvalue weighted by molar-refractivity contribution is 7.25. The van der Waals surface area contributed by atoms with Gasteiger partial charge in [-0.2, -0.15) is 0 Å². The molecule has 0 spiro atoms. The van der Waals surface area contributed by atoms with E-state index in [0.29, 0.717) is 0 Å². The fraction of sp³-hybridized carbons (Fsp3) is 0. The monoisotopic (exact) mass is 642 g/mol. The van der Waals surface area contributed by atoms with Crippen LogP contribution in [0.3, 0.4) is 0 Å². The van der Waals surface area contributed by atoms with Crippen molar-refractivity contribution in [1.29, 1.82) is 0 Å². The number of nitrogens with zero attached hydrogens (tertiary/aromatic N) is 2. The molecule has 0 aliphatic carbocycles. The molecular weight excluding hydrogens is 613 g/mol. The molecule has 0 aliphatic rings. The summed E-state index contributed by atoms with van der Waals surface area (Å²) in [5.41, 5.74) is 9.31. The molecule has 0 atom stereocenters. The molecule has 0 amide bonds. The summed E-state index contributed by atoms with van der Waals surface area (Å²) < 4.78 is 4.99. The van der Waals surface area contributed by atoms with Gasteiger partial charge in [-0.15, -0.1) is 11.3 Å². The predicted molar refractivity (Wildman–Crippen MR) is 211 cm³/mol. The van der Waals surface area contributed by atoms with E-state index in [4.69, 9.17) is 0 Å². The quantitative estimate of drug-likeness (QED) is 0.181. The van der Waals surface area contributed by atoms with Crippen LogP contribution in [-0.4, -0.2) is 4.57 Å². The maximum Gasteiger partial charge on any atom is 0.0561 e. The molecule has 0 saturated heterocycles. The normalized spacial score (nSPS) is 11.7. The Hall–Kier alpha value is -6.16. The Bertz CT molecular complexity index is 2840. The van der Waals surface area contributed by atoms with E-state index in [9.17, 15) is 0 Å². The van der Waals surface area contributed by atoms with Gasteiger partial charge in [0.25, 0.3) is 0 Å². The molecule has 2 aromatic heterocycles. The standard InChI is InChI=1S/C46H30N2S/c1-2-14-34(15-3-1)48-43-20-10-7-17-38(43)39-26-24-35(29-44(39)48)47(36-25-27-41-40-18-8-11-21-45(40)49-46(41)30-36)42-19-9-6-16-37(42)33-23-22-31-12-4-5-13-32(31)28-33/h1-30H. The zero-order valence-electron chi connectivity index (χ0n) is 26.6. The van der Waals surface area contributed by atoms with E-state index in [2.05, 4.69) is 191 Å². The van der Waals surface area contributed by atoms with Gasteiger partial charge in [-0.05, 0) is 77.0 Å². The minimum Gasteiger partial charge on any atom is -0.310 e. The van der Waals surface area contributed by atoms with Crippen molar-refractivity contribution in [2.45, 2.75) is 0 Å². The predicted octanol–water partition coefficient (Wildman–Crippen LogP) is 13.4. The molecule has 2 nitrogen and oxygen atoms in total. The van der Waals surface area contributed by atoms with Crippen molar-refractivity contribution in [3.63, 3.8) is 0 Å². The van der Waals surface area contributed by atoms with Crippen molar-refractivity contribution in [1.82, 2.24) is 4.57 Å². The number of anilines is 3. The first-order valence-corrected chi connectivity index (χ1v) is 17.5. The smallest absolute Gasteiger partial charge is 0.0561 e. The maximum absolute atomic E-state index is 2.45. The molecule has 0 radical (unpaired) electrons. The molecule has 0 aliphatic heterocycles. The third-order valence-corrected chi connectivity index (χ3v) is 10.9. The molecule has 0 saturated carbocycles. The number of hydrogen-bond acceptors (Lipinski definition) is 2. The van der Waals surface area contributed by atoms with E-state index in [1.54, 1.807) is 0 Å². The highest BCUT2D eigenvalue weighted by Crippen LogP contribution is 2.45. The Morgan fingerprint density at radius 2 is 1.06 bits per heavy atom. The summed E-state index contributed by atoms with van der Waals surface area (Å²) in [5.74, 6) is 0. The van der Waals surface area contributed by atoms with Gasteiger partial charge >= 0.3 is 0 Å². The summed E-state index contributed by atoms with van der Waals surface area (Å²) in [5, 5.41) is 7.59. The SMILES string of the molecule is c1ccc(-n2c3ccccc3c3ccc(N(c4ccc5c(c4)sc4ccccc45)c4ccccc4-c4ccc5ccccc5c4)cc32)cc1. The highest BCUT2D eigenvalue weighted by atomic mass is 32.1. The van der Waals surface area contributed by atoms with Crippen molar-refractivity contribution in [3.8, 4) is 16.8 Å². The first kappa shape index (κ1) is 27.9. The lowest BCUT2D eigenvalue weighted by molar-refractivity contribution is 1.18. The lowest BCUT2D eigenvalue weighted by Gasteiger charge is -2.28. The van der Waals surface area contributed by atoms with Gasteiger partial charge in [0.15, 0.2) is 0 Å². The van der Waals surface area contributed by atoms with Crippen molar-refractivity contribution >= 4 is 81.1 Å². The van der Waals surface area contributed by atoms with Crippen molar-refractivity contribution < 1.29 is 0 Å². The molecule has 230 valence electrons. The van der Waals surface area contributed by atoms with Crippen LogP contribution < -0.4 is 4.90 Å². The molecule has 0 unspecified atom stereocenters. The summed E-state index contributed by atoms with van der Waals surface area (Å²) >= 11 is 1.86. The van der Waals surface area contributed by atoms with Gasteiger partial charge in [0.2, 0.25) is 0 Å². The number of hydrogen-bond donors (Lipinski definition) is 0. The van der Waals surface area contributed by atoms with Crippen LogP contribution in [0.4, 0.5) is 17.1 Å². The van der Waals surface area contributed by atoms with Crippen LogP contribution in [0.15, 0.2) is 182 Å². The van der Waals surface area contributed by atoms with E-state index < -0.39 is 0 Å². The second kappa shape index (κ2) is 11.2. The molecular formula is C46H30N2S. The van der Waals surface area contributed by atoms with Crippen LogP contribution in [0.25, 0.3) is 69.6 Å². The average Bonchev–Trinajstić information content (AvgIpc) is 3.70. The van der Waals surface area contributed by atoms with Gasteiger partial charge in [0.05, 0.1) is 16.7 Å². The molecule has 49 heavy (non-hydrogen) atoms. The summed E-state index contributed by atoms with van der Waals surface area (Å²) in [7, 11) is 0. The molecule has 10 aromatic rings. The second-order valence-electron chi connectivity index (χ2n) is 12.6. The minimum absolute atomic E-state index is 1.11.